The highest BCUT2D eigenvalue weighted by Gasteiger charge is 2.49. The van der Waals surface area contributed by atoms with Crippen LogP contribution in [0.1, 0.15) is 42.9 Å². The minimum atomic E-state index is -0.799. The highest BCUT2D eigenvalue weighted by atomic mass is 16.1. The number of pyridine rings is 2. The van der Waals surface area contributed by atoms with Crippen LogP contribution in [0.4, 0.5) is 0 Å². The lowest BCUT2D eigenvalue weighted by Crippen LogP contribution is -2.48. The van der Waals surface area contributed by atoms with Crippen LogP contribution in [0, 0.1) is 0 Å². The number of amides is 1. The maximum Gasteiger partial charge on any atom is 0.230 e. The first-order chi connectivity index (χ1) is 11.7. The first kappa shape index (κ1) is 14.8. The lowest BCUT2D eigenvalue weighted by atomic mass is 9.61. The molecule has 1 aliphatic carbocycles. The van der Waals surface area contributed by atoms with E-state index in [0.29, 0.717) is 6.42 Å². The van der Waals surface area contributed by atoms with Gasteiger partial charge in [-0.05, 0) is 30.5 Å². The van der Waals surface area contributed by atoms with E-state index in [1.807, 2.05) is 24.4 Å². The summed E-state index contributed by atoms with van der Waals surface area (Å²) in [4.78, 5) is 21.5. The second-order valence-electron chi connectivity index (χ2n) is 6.45. The molecule has 1 saturated carbocycles. The zero-order valence-electron chi connectivity index (χ0n) is 13.3. The number of nitrogens with two attached hydrogens (primary N) is 1. The number of nitrogens with zero attached hydrogens (tertiary/aromatic N) is 3. The highest BCUT2D eigenvalue weighted by molar-refractivity contribution is 5.89. The third-order valence-electron chi connectivity index (χ3n) is 5.22. The molecular weight excluding hydrogens is 302 g/mol. The number of carbonyl (C=O) groups is 1. The Morgan fingerprint density at radius 1 is 1.29 bits per heavy atom. The minimum Gasteiger partial charge on any atom is -0.369 e. The van der Waals surface area contributed by atoms with Crippen LogP contribution in [0.5, 0.6) is 0 Å². The topological polar surface area (TPSA) is 97.6 Å². The lowest BCUT2D eigenvalue weighted by molar-refractivity contribution is -0.125. The first-order valence-corrected chi connectivity index (χ1v) is 8.21. The van der Waals surface area contributed by atoms with Crippen molar-refractivity contribution in [2.24, 2.45) is 5.73 Å². The number of rotatable bonds is 3. The van der Waals surface area contributed by atoms with E-state index in [1.54, 1.807) is 18.6 Å². The van der Waals surface area contributed by atoms with Crippen LogP contribution < -0.4 is 5.73 Å². The molecule has 1 fully saturated rings. The van der Waals surface area contributed by atoms with Crippen LogP contribution in [0.3, 0.4) is 0 Å². The smallest absolute Gasteiger partial charge is 0.230 e. The monoisotopic (exact) mass is 321 g/mol. The molecule has 6 heteroatoms. The number of fused-ring (bicyclic) bond motifs is 1. The van der Waals surface area contributed by atoms with Gasteiger partial charge in [-0.2, -0.15) is 5.10 Å². The predicted molar refractivity (Wildman–Crippen MR) is 90.2 cm³/mol. The first-order valence-electron chi connectivity index (χ1n) is 8.21. The molecule has 3 aromatic heterocycles. The van der Waals surface area contributed by atoms with E-state index in [0.717, 1.165) is 41.4 Å². The molecule has 0 spiro atoms. The molecule has 1 amide bonds. The van der Waals surface area contributed by atoms with E-state index in [2.05, 4.69) is 20.2 Å². The minimum absolute atomic E-state index is 0.00528. The summed E-state index contributed by atoms with van der Waals surface area (Å²) in [7, 11) is 0. The number of nitrogens with one attached hydrogen (secondary N) is 1. The normalized spacial score (nSPS) is 24.1. The zero-order chi connectivity index (χ0) is 16.6. The Bertz CT molecular complexity index is 875. The molecule has 122 valence electrons. The molecule has 1 aliphatic rings. The average molecular weight is 321 g/mol. The Hall–Kier alpha value is -2.76. The van der Waals surface area contributed by atoms with Crippen molar-refractivity contribution < 1.29 is 4.79 Å². The zero-order valence-corrected chi connectivity index (χ0v) is 13.3. The van der Waals surface area contributed by atoms with Gasteiger partial charge >= 0.3 is 0 Å². The van der Waals surface area contributed by atoms with E-state index in [-0.39, 0.29) is 11.8 Å². The lowest BCUT2D eigenvalue weighted by Gasteiger charge is -2.41. The highest BCUT2D eigenvalue weighted by Crippen LogP contribution is 2.48. The van der Waals surface area contributed by atoms with Gasteiger partial charge in [0.1, 0.15) is 0 Å². The third-order valence-corrected chi connectivity index (χ3v) is 5.22. The number of carbonyl (C=O) groups excluding carboxylic acids is 1. The summed E-state index contributed by atoms with van der Waals surface area (Å²) in [5.74, 6) is -0.319. The molecule has 0 bridgehead atoms. The summed E-state index contributed by atoms with van der Waals surface area (Å²) < 4.78 is 0. The third kappa shape index (κ3) is 2.18. The summed E-state index contributed by atoms with van der Waals surface area (Å²) in [6.45, 7) is 0. The van der Waals surface area contributed by atoms with Crippen LogP contribution in [-0.4, -0.2) is 26.1 Å². The van der Waals surface area contributed by atoms with Crippen molar-refractivity contribution in [1.29, 1.82) is 0 Å². The van der Waals surface area contributed by atoms with Gasteiger partial charge in [-0.15, -0.1) is 0 Å². The van der Waals surface area contributed by atoms with E-state index < -0.39 is 5.41 Å². The molecular formula is C18H19N5O. The predicted octanol–water partition coefficient (Wildman–Crippen LogP) is 2.43. The molecule has 3 N–H and O–H groups in total. The van der Waals surface area contributed by atoms with Crippen LogP contribution in [-0.2, 0) is 10.2 Å². The number of H-pyrrole nitrogens is 1. The SMILES string of the molecule is NC(=O)C1(c2cc3cn[nH]c3cn2)CCCCC1c1cccnc1. The van der Waals surface area contributed by atoms with Crippen molar-refractivity contribution in [3.8, 4) is 0 Å². The second-order valence-corrected chi connectivity index (χ2v) is 6.45. The van der Waals surface area contributed by atoms with Gasteiger partial charge < -0.3 is 5.73 Å². The summed E-state index contributed by atoms with van der Waals surface area (Å²) in [6, 6.07) is 5.87. The van der Waals surface area contributed by atoms with E-state index in [1.165, 1.54) is 0 Å². The second kappa shape index (κ2) is 5.70. The van der Waals surface area contributed by atoms with Crippen LogP contribution in [0.15, 0.2) is 43.0 Å². The van der Waals surface area contributed by atoms with Crippen molar-refractivity contribution in [3.63, 3.8) is 0 Å². The van der Waals surface area contributed by atoms with Crippen molar-refractivity contribution in [2.45, 2.75) is 37.0 Å². The van der Waals surface area contributed by atoms with Gasteiger partial charge in [0, 0.05) is 23.7 Å². The number of aromatic amines is 1. The van der Waals surface area contributed by atoms with Gasteiger partial charge in [0.15, 0.2) is 0 Å². The van der Waals surface area contributed by atoms with Crippen molar-refractivity contribution >= 4 is 16.8 Å². The van der Waals surface area contributed by atoms with E-state index in [9.17, 15) is 4.79 Å². The fourth-order valence-electron chi connectivity index (χ4n) is 4.02. The van der Waals surface area contributed by atoms with E-state index >= 15 is 0 Å². The Labute approximate surface area is 139 Å². The molecule has 0 saturated heterocycles. The molecule has 3 aromatic rings. The Morgan fingerprint density at radius 3 is 3.00 bits per heavy atom. The molecule has 6 nitrogen and oxygen atoms in total. The Balaban J connectivity index is 1.90. The van der Waals surface area contributed by atoms with Crippen molar-refractivity contribution in [2.75, 3.05) is 0 Å². The average Bonchev–Trinajstić information content (AvgIpc) is 3.10. The van der Waals surface area contributed by atoms with Gasteiger partial charge in [-0.25, -0.2) is 0 Å². The quantitative estimate of drug-likeness (QED) is 0.774. The molecule has 24 heavy (non-hydrogen) atoms. The summed E-state index contributed by atoms with van der Waals surface area (Å²) in [5, 5.41) is 7.88. The fraction of sp³-hybridized carbons (Fsp3) is 0.333. The van der Waals surface area contributed by atoms with E-state index in [4.69, 9.17) is 5.73 Å². The molecule has 2 unspecified atom stereocenters. The van der Waals surface area contributed by atoms with Gasteiger partial charge in [0.05, 0.1) is 29.0 Å². The maximum absolute atomic E-state index is 12.7. The summed E-state index contributed by atoms with van der Waals surface area (Å²) >= 11 is 0. The molecule has 2 atom stereocenters. The van der Waals surface area contributed by atoms with Crippen molar-refractivity contribution in [3.05, 3.63) is 54.2 Å². The summed E-state index contributed by atoms with van der Waals surface area (Å²) in [6.07, 6.45) is 10.7. The molecule has 3 heterocycles. The van der Waals surface area contributed by atoms with Gasteiger partial charge in [0.25, 0.3) is 0 Å². The molecule has 0 aliphatic heterocycles. The van der Waals surface area contributed by atoms with Crippen LogP contribution >= 0.6 is 0 Å². The standard InChI is InChI=1S/C18H19N5O/c19-17(24)18(16-8-13-10-22-23-15(13)11-21-16)6-2-1-5-14(18)12-4-3-7-20-9-12/h3-4,7-11,14H,1-2,5-6H2,(H2,19,24)(H,22,23). The summed E-state index contributed by atoms with van der Waals surface area (Å²) in [5.41, 5.74) is 7.79. The van der Waals surface area contributed by atoms with Crippen molar-refractivity contribution in [1.82, 2.24) is 20.2 Å². The number of hydrogen-bond donors (Lipinski definition) is 2. The molecule has 4 rings (SSSR count). The Kier molecular flexibility index (Phi) is 3.52. The number of aromatic nitrogens is 4. The molecule has 0 aromatic carbocycles. The van der Waals surface area contributed by atoms with Gasteiger partial charge in [-0.1, -0.05) is 18.9 Å². The van der Waals surface area contributed by atoms with Crippen LogP contribution in [0.25, 0.3) is 10.9 Å². The number of hydrogen-bond acceptors (Lipinski definition) is 4. The number of primary amides is 1. The van der Waals surface area contributed by atoms with Gasteiger partial charge in [-0.3, -0.25) is 19.9 Å². The fourth-order valence-corrected chi connectivity index (χ4v) is 4.02. The van der Waals surface area contributed by atoms with Crippen LogP contribution in [0.2, 0.25) is 0 Å². The largest absolute Gasteiger partial charge is 0.369 e. The maximum atomic E-state index is 12.7. The molecule has 0 radical (unpaired) electrons. The van der Waals surface area contributed by atoms with Gasteiger partial charge in [0.2, 0.25) is 5.91 Å². The Morgan fingerprint density at radius 2 is 2.21 bits per heavy atom.